The smallest absolute Gasteiger partial charge is 0.133 e. The zero-order valence-corrected chi connectivity index (χ0v) is 11.1. The van der Waals surface area contributed by atoms with Gasteiger partial charge in [-0.15, -0.1) is 0 Å². The maximum absolute atomic E-state index is 11.5. The van der Waals surface area contributed by atoms with Crippen LogP contribution < -0.4 is 0 Å². The van der Waals surface area contributed by atoms with Crippen LogP contribution in [-0.4, -0.2) is 18.0 Å². The zero-order chi connectivity index (χ0) is 12.1. The molecule has 0 heterocycles. The maximum atomic E-state index is 11.5. The number of carbonyl (C=O) groups excluding carboxylic acids is 1. The number of hydrogen-bond donors (Lipinski definition) is 0. The second kappa shape index (κ2) is 5.64. The quantitative estimate of drug-likeness (QED) is 0.654. The molecule has 0 aliphatic rings. The van der Waals surface area contributed by atoms with Crippen molar-refractivity contribution < 1.29 is 9.53 Å². The number of carbonyl (C=O) groups is 1. The van der Waals surface area contributed by atoms with E-state index >= 15 is 0 Å². The van der Waals surface area contributed by atoms with Gasteiger partial charge in [0.2, 0.25) is 0 Å². The second-order valence-electron chi connectivity index (χ2n) is 6.34. The summed E-state index contributed by atoms with van der Waals surface area (Å²) in [6.07, 6.45) is 2.15. The van der Waals surface area contributed by atoms with Crippen LogP contribution in [0.1, 0.15) is 60.8 Å². The lowest BCUT2D eigenvalue weighted by Gasteiger charge is -2.20. The normalized spacial score (nSPS) is 12.9. The third kappa shape index (κ3) is 11.6. The van der Waals surface area contributed by atoms with Crippen LogP contribution >= 0.6 is 0 Å². The standard InChI is InChI=1S/C13H26O2/c1-12(2,3)10-11(14)8-7-9-15-13(4,5)6/h7-10H2,1-6H3. The van der Waals surface area contributed by atoms with Crippen molar-refractivity contribution in [2.75, 3.05) is 6.61 Å². The SMILES string of the molecule is CC(C)(C)CC(=O)CCCOC(C)(C)C. The summed E-state index contributed by atoms with van der Waals surface area (Å²) in [5.41, 5.74) is 0.0229. The van der Waals surface area contributed by atoms with E-state index in [0.717, 1.165) is 6.42 Å². The molecule has 15 heavy (non-hydrogen) atoms. The first kappa shape index (κ1) is 14.6. The summed E-state index contributed by atoms with van der Waals surface area (Å²) in [5, 5.41) is 0. The molecule has 0 aliphatic heterocycles. The molecule has 0 aromatic carbocycles. The summed E-state index contributed by atoms with van der Waals surface area (Å²) in [7, 11) is 0. The van der Waals surface area contributed by atoms with Gasteiger partial charge >= 0.3 is 0 Å². The molecule has 0 atom stereocenters. The van der Waals surface area contributed by atoms with Crippen molar-refractivity contribution in [1.29, 1.82) is 0 Å². The Labute approximate surface area is 94.4 Å². The van der Waals surface area contributed by atoms with Crippen LogP contribution in [0, 0.1) is 5.41 Å². The number of hydrogen-bond acceptors (Lipinski definition) is 2. The molecule has 0 saturated heterocycles. The van der Waals surface area contributed by atoms with Gasteiger partial charge in [-0.1, -0.05) is 20.8 Å². The van der Waals surface area contributed by atoms with Gasteiger partial charge in [-0.05, 0) is 32.6 Å². The summed E-state index contributed by atoms with van der Waals surface area (Å²) in [5.74, 6) is 0.347. The first-order chi connectivity index (χ1) is 6.60. The minimum Gasteiger partial charge on any atom is -0.376 e. The monoisotopic (exact) mass is 214 g/mol. The van der Waals surface area contributed by atoms with Gasteiger partial charge in [0.05, 0.1) is 5.60 Å². The van der Waals surface area contributed by atoms with Gasteiger partial charge in [0.25, 0.3) is 0 Å². The van der Waals surface area contributed by atoms with Gasteiger partial charge in [-0.3, -0.25) is 4.79 Å². The molecule has 0 aromatic heterocycles. The van der Waals surface area contributed by atoms with Crippen molar-refractivity contribution in [2.45, 2.75) is 66.4 Å². The van der Waals surface area contributed by atoms with E-state index in [1.165, 1.54) is 0 Å². The summed E-state index contributed by atoms with van der Waals surface area (Å²) >= 11 is 0. The number of rotatable bonds is 5. The van der Waals surface area contributed by atoms with Crippen molar-refractivity contribution in [1.82, 2.24) is 0 Å². The largest absolute Gasteiger partial charge is 0.376 e. The maximum Gasteiger partial charge on any atom is 0.133 e. The van der Waals surface area contributed by atoms with Gasteiger partial charge in [0, 0.05) is 19.4 Å². The first-order valence-corrected chi connectivity index (χ1v) is 5.76. The molecule has 0 radical (unpaired) electrons. The average Bonchev–Trinajstić information content (AvgIpc) is 1.92. The predicted octanol–water partition coefficient (Wildman–Crippen LogP) is 3.59. The molecule has 0 spiro atoms. The van der Waals surface area contributed by atoms with Crippen molar-refractivity contribution in [3.63, 3.8) is 0 Å². The van der Waals surface area contributed by atoms with E-state index in [-0.39, 0.29) is 11.0 Å². The molecule has 90 valence electrons. The lowest BCUT2D eigenvalue weighted by atomic mass is 9.89. The number of Topliss-reactive ketones (excluding diaryl/α,β-unsaturated/α-hetero) is 1. The lowest BCUT2D eigenvalue weighted by Crippen LogP contribution is -2.20. The fourth-order valence-electron chi connectivity index (χ4n) is 1.33. The molecular formula is C13H26O2. The van der Waals surface area contributed by atoms with Gasteiger partial charge in [0.15, 0.2) is 0 Å². The average molecular weight is 214 g/mol. The van der Waals surface area contributed by atoms with Gasteiger partial charge < -0.3 is 4.74 Å². The predicted molar refractivity (Wildman–Crippen MR) is 64.0 cm³/mol. The minimum atomic E-state index is -0.0902. The van der Waals surface area contributed by atoms with E-state index in [9.17, 15) is 4.79 Å². The second-order valence-corrected chi connectivity index (χ2v) is 6.34. The van der Waals surface area contributed by atoms with E-state index in [2.05, 4.69) is 20.8 Å². The summed E-state index contributed by atoms with van der Waals surface area (Å²) in [6, 6.07) is 0. The molecule has 0 amide bonds. The van der Waals surface area contributed by atoms with Gasteiger partial charge in [-0.25, -0.2) is 0 Å². The molecule has 2 nitrogen and oxygen atoms in total. The lowest BCUT2D eigenvalue weighted by molar-refractivity contribution is -0.121. The Balaban J connectivity index is 3.57. The molecule has 2 heteroatoms. The van der Waals surface area contributed by atoms with Crippen molar-refractivity contribution in [2.24, 2.45) is 5.41 Å². The Kier molecular flexibility index (Phi) is 5.50. The van der Waals surface area contributed by atoms with Crippen molar-refractivity contribution in [3.05, 3.63) is 0 Å². The summed E-state index contributed by atoms with van der Waals surface area (Å²) in [4.78, 5) is 11.5. The summed E-state index contributed by atoms with van der Waals surface area (Å²) in [6.45, 7) is 13.1. The Hall–Kier alpha value is -0.370. The number of ether oxygens (including phenoxy) is 1. The van der Waals surface area contributed by atoms with Crippen LogP contribution in [0.15, 0.2) is 0 Å². The molecule has 0 aromatic rings. The fourth-order valence-corrected chi connectivity index (χ4v) is 1.33. The molecule has 0 unspecified atom stereocenters. The number of ketones is 1. The molecule has 0 N–H and O–H groups in total. The highest BCUT2D eigenvalue weighted by Gasteiger charge is 2.16. The highest BCUT2D eigenvalue weighted by atomic mass is 16.5. The van der Waals surface area contributed by atoms with Crippen LogP contribution in [0.5, 0.6) is 0 Å². The minimum absolute atomic E-state index is 0.0902. The molecule has 0 fully saturated rings. The van der Waals surface area contributed by atoms with E-state index in [0.29, 0.717) is 25.2 Å². The zero-order valence-electron chi connectivity index (χ0n) is 11.1. The molecular weight excluding hydrogens is 188 g/mol. The van der Waals surface area contributed by atoms with Crippen molar-refractivity contribution in [3.8, 4) is 0 Å². The summed E-state index contributed by atoms with van der Waals surface area (Å²) < 4.78 is 5.56. The Morgan fingerprint density at radius 1 is 1.07 bits per heavy atom. The van der Waals surface area contributed by atoms with E-state index in [1.807, 2.05) is 20.8 Å². The van der Waals surface area contributed by atoms with E-state index in [4.69, 9.17) is 4.74 Å². The van der Waals surface area contributed by atoms with Gasteiger partial charge in [0.1, 0.15) is 5.78 Å². The van der Waals surface area contributed by atoms with E-state index in [1.54, 1.807) is 0 Å². The van der Waals surface area contributed by atoms with Crippen LogP contribution in [0.4, 0.5) is 0 Å². The fraction of sp³-hybridized carbons (Fsp3) is 0.923. The Morgan fingerprint density at radius 3 is 2.00 bits per heavy atom. The van der Waals surface area contributed by atoms with Gasteiger partial charge in [-0.2, -0.15) is 0 Å². The third-order valence-corrected chi connectivity index (χ3v) is 1.86. The van der Waals surface area contributed by atoms with Crippen LogP contribution in [0.2, 0.25) is 0 Å². The van der Waals surface area contributed by atoms with Crippen LogP contribution in [0.25, 0.3) is 0 Å². The van der Waals surface area contributed by atoms with Crippen LogP contribution in [-0.2, 0) is 9.53 Å². The molecule has 0 bridgehead atoms. The highest BCUT2D eigenvalue weighted by molar-refractivity contribution is 5.78. The molecule has 0 rings (SSSR count). The third-order valence-electron chi connectivity index (χ3n) is 1.86. The Morgan fingerprint density at radius 2 is 1.60 bits per heavy atom. The Bertz CT molecular complexity index is 194. The topological polar surface area (TPSA) is 26.3 Å². The van der Waals surface area contributed by atoms with E-state index < -0.39 is 0 Å². The first-order valence-electron chi connectivity index (χ1n) is 5.76. The van der Waals surface area contributed by atoms with Crippen LogP contribution in [0.3, 0.4) is 0 Å². The molecule has 0 aliphatic carbocycles. The molecule has 0 saturated carbocycles. The highest BCUT2D eigenvalue weighted by Crippen LogP contribution is 2.20. The van der Waals surface area contributed by atoms with Crippen molar-refractivity contribution >= 4 is 5.78 Å².